The van der Waals surface area contributed by atoms with Crippen LogP contribution in [0.2, 0.25) is 5.02 Å². The Morgan fingerprint density at radius 3 is 2.35 bits per heavy atom. The molecule has 0 spiro atoms. The Morgan fingerprint density at radius 2 is 1.67 bits per heavy atom. The van der Waals surface area contributed by atoms with Gasteiger partial charge in [0.15, 0.2) is 28.9 Å². The summed E-state index contributed by atoms with van der Waals surface area (Å²) < 4.78 is 48.5. The van der Waals surface area contributed by atoms with Gasteiger partial charge in [-0.25, -0.2) is 32.5 Å². The Balaban J connectivity index is 1.17. The van der Waals surface area contributed by atoms with Gasteiger partial charge in [0.05, 0.1) is 16.5 Å². The van der Waals surface area contributed by atoms with Crippen molar-refractivity contribution >= 4 is 48.6 Å². The fourth-order valence-corrected chi connectivity index (χ4v) is 6.91. The molecule has 0 saturated carbocycles. The van der Waals surface area contributed by atoms with Gasteiger partial charge in [-0.2, -0.15) is 0 Å². The smallest absolute Gasteiger partial charge is 0.534 e. The van der Waals surface area contributed by atoms with Crippen molar-refractivity contribution in [2.45, 2.75) is 37.3 Å². The second-order valence-electron chi connectivity index (χ2n) is 12.7. The first-order valence-electron chi connectivity index (χ1n) is 16.3. The van der Waals surface area contributed by atoms with Gasteiger partial charge in [0.2, 0.25) is 5.91 Å². The maximum atomic E-state index is 14.7. The predicted molar refractivity (Wildman–Crippen MR) is 179 cm³/mol. The molecule has 0 aliphatic carbocycles. The van der Waals surface area contributed by atoms with Crippen molar-refractivity contribution in [3.05, 3.63) is 81.1 Å². The highest BCUT2D eigenvalue weighted by Gasteiger charge is 2.43. The van der Waals surface area contributed by atoms with Gasteiger partial charge in [-0.1, -0.05) is 23.7 Å². The largest absolute Gasteiger partial charge is 0.547 e. The van der Waals surface area contributed by atoms with E-state index in [0.717, 1.165) is 17.0 Å². The molecule has 54 heavy (non-hydrogen) atoms. The molecule has 2 atom stereocenters. The van der Waals surface area contributed by atoms with Crippen LogP contribution in [0.1, 0.15) is 50.7 Å². The van der Waals surface area contributed by atoms with Crippen LogP contribution in [0.5, 0.6) is 23.0 Å². The van der Waals surface area contributed by atoms with Crippen molar-refractivity contribution in [2.24, 2.45) is 0 Å². The highest BCUT2D eigenvalue weighted by Crippen LogP contribution is 2.41. The maximum absolute atomic E-state index is 14.7. The standard InChI is InChI=1S/C33H30BClF3N5O11/c35-23-17(13-19(37)26(45)27(23)46)25(29(47)39-21-12-14-4-5-18(36)22(31(49)50)28(14)54-34(21)53)40-32(51)43-11-10-42(33(43)52)15-6-8-41(9-7-15)30(48)16-2-1-3-20(44)24(16)38/h1-5,13,15,21,25,44-46,53H,6-12H2,(H,39,47)(H,40,51)(H,49,50)/t21-,25?/m0/s1. The third kappa shape index (κ3) is 6.96. The predicted octanol–water partition coefficient (Wildman–Crippen LogP) is 2.51. The number of likely N-dealkylation sites (tertiary alicyclic amines) is 1. The fraction of sp³-hybridized carbons (Fsp3) is 0.303. The van der Waals surface area contributed by atoms with Crippen LogP contribution < -0.4 is 15.3 Å². The molecule has 7 N–H and O–H groups in total. The molecule has 16 nitrogen and oxygen atoms in total. The molecular formula is C33H30BClF3N5O11. The summed E-state index contributed by atoms with van der Waals surface area (Å²) in [6.07, 6.45) is 0.213. The molecule has 0 aromatic heterocycles. The van der Waals surface area contributed by atoms with Crippen LogP contribution in [0, 0.1) is 17.5 Å². The number of imide groups is 1. The summed E-state index contributed by atoms with van der Waals surface area (Å²) in [5.41, 5.74) is -1.65. The lowest BCUT2D eigenvalue weighted by Gasteiger charge is -2.36. The maximum Gasteiger partial charge on any atom is 0.547 e. The van der Waals surface area contributed by atoms with E-state index in [1.165, 1.54) is 28.0 Å². The number of hydrogen-bond donors (Lipinski definition) is 7. The average Bonchev–Trinajstić information content (AvgIpc) is 3.53. The molecule has 3 aliphatic rings. The van der Waals surface area contributed by atoms with Crippen molar-refractivity contribution < 1.29 is 67.2 Å². The van der Waals surface area contributed by atoms with Crippen molar-refractivity contribution in [2.75, 3.05) is 26.2 Å². The normalized spacial score (nSPS) is 17.9. The Hall–Kier alpha value is -5.89. The van der Waals surface area contributed by atoms with Gasteiger partial charge in [-0.05, 0) is 49.1 Å². The number of fused-ring (bicyclic) bond motifs is 1. The lowest BCUT2D eigenvalue weighted by Crippen LogP contribution is -2.56. The number of nitrogens with zero attached hydrogens (tertiary/aromatic N) is 3. The Labute approximate surface area is 308 Å². The number of carboxylic acid groups (broad SMARTS) is 1. The van der Waals surface area contributed by atoms with Crippen LogP contribution in [-0.2, 0) is 11.2 Å². The number of rotatable bonds is 7. The number of amides is 6. The molecule has 0 bridgehead atoms. The van der Waals surface area contributed by atoms with Crippen LogP contribution in [-0.4, -0.2) is 115 Å². The summed E-state index contributed by atoms with van der Waals surface area (Å²) in [4.78, 5) is 68.9. The van der Waals surface area contributed by atoms with E-state index in [1.807, 2.05) is 0 Å². The summed E-state index contributed by atoms with van der Waals surface area (Å²) >= 11 is 6.17. The minimum absolute atomic E-state index is 0.0439. The monoisotopic (exact) mass is 775 g/mol. The van der Waals surface area contributed by atoms with E-state index in [2.05, 4.69) is 10.6 Å². The Bertz CT molecular complexity index is 2070. The number of phenols is 3. The van der Waals surface area contributed by atoms with Crippen molar-refractivity contribution in [1.29, 1.82) is 0 Å². The number of urea groups is 2. The van der Waals surface area contributed by atoms with Crippen molar-refractivity contribution in [3.63, 3.8) is 0 Å². The number of hydrogen-bond acceptors (Lipinski definition) is 10. The molecule has 284 valence electrons. The minimum Gasteiger partial charge on any atom is -0.534 e. The zero-order valence-corrected chi connectivity index (χ0v) is 28.5. The summed E-state index contributed by atoms with van der Waals surface area (Å²) in [6.45, 7) is 0.115. The number of carboxylic acids is 1. The van der Waals surface area contributed by atoms with E-state index < -0.39 is 112 Å². The van der Waals surface area contributed by atoms with E-state index in [-0.39, 0.29) is 56.6 Å². The molecule has 1 unspecified atom stereocenters. The molecule has 0 radical (unpaired) electrons. The summed E-state index contributed by atoms with van der Waals surface area (Å²) in [5, 5.41) is 53.7. The SMILES string of the molecule is O=C(O)c1c(F)ccc2c1OB(O)[C@@H](NC(=O)C(NC(=O)N1CCN(C3CCN(C(=O)c4cccc(O)c4F)CC3)C1=O)c1cc(F)c(O)c(O)c1Cl)C2. The van der Waals surface area contributed by atoms with Gasteiger partial charge in [0, 0.05) is 37.8 Å². The number of aromatic carboxylic acids is 1. The van der Waals surface area contributed by atoms with Crippen LogP contribution in [0.4, 0.5) is 22.8 Å². The first-order valence-corrected chi connectivity index (χ1v) is 16.7. The van der Waals surface area contributed by atoms with Gasteiger partial charge in [-0.15, -0.1) is 0 Å². The van der Waals surface area contributed by atoms with Crippen molar-refractivity contribution in [1.82, 2.24) is 25.3 Å². The molecule has 3 heterocycles. The molecule has 2 saturated heterocycles. The number of nitrogens with one attached hydrogen (secondary N) is 2. The van der Waals surface area contributed by atoms with Crippen LogP contribution in [0.15, 0.2) is 36.4 Å². The lowest BCUT2D eigenvalue weighted by atomic mass is 9.72. The third-order valence-corrected chi connectivity index (χ3v) is 9.87. The number of carbonyl (C=O) groups excluding carboxylic acids is 4. The molecule has 3 aromatic carbocycles. The lowest BCUT2D eigenvalue weighted by molar-refractivity contribution is -0.123. The van der Waals surface area contributed by atoms with Gasteiger partial charge in [0.25, 0.3) is 5.91 Å². The minimum atomic E-state index is -1.99. The molecule has 6 amide bonds. The summed E-state index contributed by atoms with van der Waals surface area (Å²) in [5.74, 6) is -12.1. The van der Waals surface area contributed by atoms with Gasteiger partial charge >= 0.3 is 25.1 Å². The average molecular weight is 776 g/mol. The molecule has 2 fully saturated rings. The van der Waals surface area contributed by atoms with E-state index >= 15 is 0 Å². The first-order chi connectivity index (χ1) is 25.6. The Kier molecular flexibility index (Phi) is 10.4. The molecule has 3 aliphatic heterocycles. The van der Waals surface area contributed by atoms with E-state index in [0.29, 0.717) is 6.07 Å². The molecule has 6 rings (SSSR count). The number of halogens is 4. The highest BCUT2D eigenvalue weighted by atomic mass is 35.5. The van der Waals surface area contributed by atoms with Crippen LogP contribution >= 0.6 is 11.6 Å². The summed E-state index contributed by atoms with van der Waals surface area (Å²) in [7, 11) is -1.95. The topological polar surface area (TPSA) is 230 Å². The fourth-order valence-electron chi connectivity index (χ4n) is 6.66. The van der Waals surface area contributed by atoms with Gasteiger partial charge in [0.1, 0.15) is 23.2 Å². The zero-order valence-electron chi connectivity index (χ0n) is 27.8. The first kappa shape index (κ1) is 37.9. The molecule has 21 heteroatoms. The van der Waals surface area contributed by atoms with Crippen molar-refractivity contribution in [3.8, 4) is 23.0 Å². The number of aromatic hydroxyl groups is 3. The van der Waals surface area contributed by atoms with E-state index in [9.17, 15) is 62.6 Å². The number of phenolic OH excluding ortho intramolecular Hbond substituents is 3. The highest BCUT2D eigenvalue weighted by molar-refractivity contribution is 6.47. The molecule has 3 aromatic rings. The Morgan fingerprint density at radius 1 is 0.963 bits per heavy atom. The van der Waals surface area contributed by atoms with Crippen LogP contribution in [0.25, 0.3) is 0 Å². The van der Waals surface area contributed by atoms with Gasteiger partial charge in [-0.3, -0.25) is 9.59 Å². The van der Waals surface area contributed by atoms with E-state index in [4.69, 9.17) is 16.3 Å². The summed E-state index contributed by atoms with van der Waals surface area (Å²) in [6, 6.07) is 1.88. The van der Waals surface area contributed by atoms with Crippen LogP contribution in [0.3, 0.4) is 0 Å². The number of benzene rings is 3. The second kappa shape index (κ2) is 14.9. The number of carbonyl (C=O) groups is 5. The van der Waals surface area contributed by atoms with Gasteiger partial charge < -0.3 is 50.5 Å². The number of piperidine rings is 1. The molecular weight excluding hydrogens is 746 g/mol. The third-order valence-electron chi connectivity index (χ3n) is 9.48. The quantitative estimate of drug-likeness (QED) is 0.136. The second-order valence-corrected chi connectivity index (χ2v) is 13.1. The zero-order chi connectivity index (χ0) is 39.2. The van der Waals surface area contributed by atoms with E-state index in [1.54, 1.807) is 0 Å².